The van der Waals surface area contributed by atoms with Gasteiger partial charge < -0.3 is 0 Å². The average molecular weight is 377 g/mol. The minimum atomic E-state index is -0.445. The van der Waals surface area contributed by atoms with E-state index in [1.54, 1.807) is 6.20 Å². The Morgan fingerprint density at radius 3 is 2.78 bits per heavy atom. The van der Waals surface area contributed by atoms with E-state index < -0.39 is 6.04 Å². The number of amides is 2. The summed E-state index contributed by atoms with van der Waals surface area (Å²) in [5.41, 5.74) is 0.799. The minimum Gasteiger partial charge on any atom is -0.300 e. The molecule has 1 saturated heterocycles. The summed E-state index contributed by atoms with van der Waals surface area (Å²) in [5, 5.41) is 3.05. The van der Waals surface area contributed by atoms with Crippen molar-refractivity contribution in [3.05, 3.63) is 26.9 Å². The lowest BCUT2D eigenvalue weighted by Crippen LogP contribution is -2.36. The van der Waals surface area contributed by atoms with Crippen molar-refractivity contribution in [2.24, 2.45) is 0 Å². The summed E-state index contributed by atoms with van der Waals surface area (Å²) in [6.07, 6.45) is 1.90. The van der Waals surface area contributed by atoms with Crippen LogP contribution in [0.25, 0.3) is 0 Å². The predicted octanol–water partition coefficient (Wildman–Crippen LogP) is 1.45. The van der Waals surface area contributed by atoms with Crippen LogP contribution in [-0.4, -0.2) is 34.8 Å². The van der Waals surface area contributed by atoms with Crippen molar-refractivity contribution >= 4 is 43.7 Å². The fourth-order valence-corrected chi connectivity index (χ4v) is 2.84. The van der Waals surface area contributed by atoms with Gasteiger partial charge in [0.25, 0.3) is 0 Å². The highest BCUT2D eigenvalue weighted by Crippen LogP contribution is 2.20. The highest BCUT2D eigenvalue weighted by molar-refractivity contribution is 9.11. The van der Waals surface area contributed by atoms with Crippen molar-refractivity contribution in [3.63, 3.8) is 0 Å². The first-order chi connectivity index (χ1) is 8.49. The van der Waals surface area contributed by atoms with E-state index in [-0.39, 0.29) is 18.2 Å². The molecule has 7 heteroatoms. The number of carbonyl (C=O) groups excluding carboxylic acids is 2. The van der Waals surface area contributed by atoms with Gasteiger partial charge in [0.1, 0.15) is 0 Å². The summed E-state index contributed by atoms with van der Waals surface area (Å²) in [7, 11) is 1.50. The van der Waals surface area contributed by atoms with Gasteiger partial charge in [-0.3, -0.25) is 24.8 Å². The smallest absolute Gasteiger partial charge is 0.246 e. The normalized spacial score (nSPS) is 19.7. The molecule has 1 fully saturated rings. The van der Waals surface area contributed by atoms with E-state index in [0.717, 1.165) is 19.5 Å². The second-order valence-corrected chi connectivity index (χ2v) is 5.78. The van der Waals surface area contributed by atoms with Gasteiger partial charge in [-0.2, -0.15) is 0 Å². The van der Waals surface area contributed by atoms with Gasteiger partial charge in [0.05, 0.1) is 18.2 Å². The fraction of sp³-hybridized carbons (Fsp3) is 0.364. The first-order valence-electron chi connectivity index (χ1n) is 5.32. The molecule has 0 aromatic carbocycles. The van der Waals surface area contributed by atoms with Crippen LogP contribution in [0.5, 0.6) is 0 Å². The molecule has 0 spiro atoms. The van der Waals surface area contributed by atoms with Crippen molar-refractivity contribution in [2.45, 2.75) is 19.0 Å². The third kappa shape index (κ3) is 2.78. The van der Waals surface area contributed by atoms with Crippen LogP contribution >= 0.6 is 31.9 Å². The number of likely N-dealkylation sites (N-methyl/N-ethyl adjacent to an activating group) is 1. The van der Waals surface area contributed by atoms with E-state index in [9.17, 15) is 9.59 Å². The summed E-state index contributed by atoms with van der Waals surface area (Å²) >= 11 is 6.72. The summed E-state index contributed by atoms with van der Waals surface area (Å²) in [6.45, 7) is 0.436. The number of carbonyl (C=O) groups is 2. The molecule has 2 heterocycles. The average Bonchev–Trinajstić information content (AvgIpc) is 2.56. The first-order valence-corrected chi connectivity index (χ1v) is 6.91. The minimum absolute atomic E-state index is 0.152. The molecular formula is C11H11Br2N3O2. The Hall–Kier alpha value is -0.790. The summed E-state index contributed by atoms with van der Waals surface area (Å²) in [6, 6.07) is 1.44. The lowest BCUT2D eigenvalue weighted by atomic mass is 10.2. The molecule has 18 heavy (non-hydrogen) atoms. The van der Waals surface area contributed by atoms with Crippen molar-refractivity contribution in [2.75, 3.05) is 7.05 Å². The van der Waals surface area contributed by atoms with E-state index in [1.807, 2.05) is 6.07 Å². The van der Waals surface area contributed by atoms with Gasteiger partial charge in [-0.15, -0.1) is 0 Å². The highest BCUT2D eigenvalue weighted by atomic mass is 79.9. The monoisotopic (exact) mass is 375 g/mol. The standard InChI is InChI=1S/C11H11Br2N3O2/c1-16-10(17)3-8(11(16)18)15-5-9-7(13)2-6(12)4-14-9/h2,4,8,15H,3,5H2,1H3. The van der Waals surface area contributed by atoms with Crippen LogP contribution < -0.4 is 5.32 Å². The van der Waals surface area contributed by atoms with Gasteiger partial charge >= 0.3 is 0 Å². The van der Waals surface area contributed by atoms with Crippen LogP contribution in [0.2, 0.25) is 0 Å². The maximum Gasteiger partial charge on any atom is 0.246 e. The van der Waals surface area contributed by atoms with Gasteiger partial charge in [-0.25, -0.2) is 0 Å². The maximum absolute atomic E-state index is 11.7. The fourth-order valence-electron chi connectivity index (χ4n) is 1.71. The van der Waals surface area contributed by atoms with Crippen molar-refractivity contribution in [1.82, 2.24) is 15.2 Å². The molecule has 5 nitrogen and oxygen atoms in total. The number of rotatable bonds is 3. The second kappa shape index (κ2) is 5.46. The van der Waals surface area contributed by atoms with E-state index >= 15 is 0 Å². The number of imide groups is 1. The molecular weight excluding hydrogens is 366 g/mol. The molecule has 0 saturated carbocycles. The summed E-state index contributed by atoms with van der Waals surface area (Å²) in [4.78, 5) is 28.4. The lowest BCUT2D eigenvalue weighted by molar-refractivity contribution is -0.137. The number of hydrogen-bond donors (Lipinski definition) is 1. The van der Waals surface area contributed by atoms with Crippen molar-refractivity contribution in [3.8, 4) is 0 Å². The van der Waals surface area contributed by atoms with Gasteiger partial charge in [-0.1, -0.05) is 0 Å². The number of halogens is 2. The predicted molar refractivity (Wildman–Crippen MR) is 72.7 cm³/mol. The van der Waals surface area contributed by atoms with Crippen LogP contribution in [0.1, 0.15) is 12.1 Å². The third-order valence-electron chi connectivity index (χ3n) is 2.78. The largest absolute Gasteiger partial charge is 0.300 e. The van der Waals surface area contributed by atoms with Crippen molar-refractivity contribution in [1.29, 1.82) is 0 Å². The number of pyridine rings is 1. The van der Waals surface area contributed by atoms with E-state index in [0.29, 0.717) is 6.54 Å². The van der Waals surface area contributed by atoms with Crippen LogP contribution in [0.15, 0.2) is 21.2 Å². The van der Waals surface area contributed by atoms with Crippen LogP contribution in [0.3, 0.4) is 0 Å². The second-order valence-electron chi connectivity index (χ2n) is 4.01. The van der Waals surface area contributed by atoms with E-state index in [4.69, 9.17) is 0 Å². The zero-order valence-corrected chi connectivity index (χ0v) is 12.8. The summed E-state index contributed by atoms with van der Waals surface area (Å²) in [5.74, 6) is -0.339. The molecule has 2 rings (SSSR count). The number of nitrogens with zero attached hydrogens (tertiary/aromatic N) is 2. The van der Waals surface area contributed by atoms with Crippen LogP contribution in [0.4, 0.5) is 0 Å². The van der Waals surface area contributed by atoms with Crippen molar-refractivity contribution < 1.29 is 9.59 Å². The Balaban J connectivity index is 2.00. The molecule has 96 valence electrons. The zero-order valence-electron chi connectivity index (χ0n) is 9.61. The number of nitrogens with one attached hydrogen (secondary N) is 1. The quantitative estimate of drug-likeness (QED) is 0.811. The Morgan fingerprint density at radius 1 is 1.50 bits per heavy atom. The third-order valence-corrected chi connectivity index (χ3v) is 3.90. The lowest BCUT2D eigenvalue weighted by Gasteiger charge is -2.11. The Morgan fingerprint density at radius 2 is 2.22 bits per heavy atom. The van der Waals surface area contributed by atoms with E-state index in [1.165, 1.54) is 7.05 Å². The van der Waals surface area contributed by atoms with Crippen LogP contribution in [-0.2, 0) is 16.1 Å². The molecule has 1 N–H and O–H groups in total. The van der Waals surface area contributed by atoms with Gasteiger partial charge in [-0.05, 0) is 37.9 Å². The molecule has 1 unspecified atom stereocenters. The van der Waals surface area contributed by atoms with Gasteiger partial charge in [0.15, 0.2) is 0 Å². The zero-order chi connectivity index (χ0) is 13.3. The Kier molecular flexibility index (Phi) is 4.14. The molecule has 0 aliphatic carbocycles. The Bertz CT molecular complexity index is 507. The van der Waals surface area contributed by atoms with E-state index in [2.05, 4.69) is 42.2 Å². The van der Waals surface area contributed by atoms with Crippen LogP contribution in [0, 0.1) is 0 Å². The molecule has 1 aromatic rings. The Labute approximate surface area is 121 Å². The molecule has 1 aliphatic rings. The van der Waals surface area contributed by atoms with Gasteiger partial charge in [0.2, 0.25) is 11.8 Å². The molecule has 1 aromatic heterocycles. The number of likely N-dealkylation sites (tertiary alicyclic amines) is 1. The molecule has 0 bridgehead atoms. The SMILES string of the molecule is CN1C(=O)CC(NCc2ncc(Br)cc2Br)C1=O. The number of aromatic nitrogens is 1. The number of hydrogen-bond acceptors (Lipinski definition) is 4. The topological polar surface area (TPSA) is 62.3 Å². The molecule has 1 aliphatic heterocycles. The molecule has 2 amide bonds. The maximum atomic E-state index is 11.7. The van der Waals surface area contributed by atoms with Gasteiger partial charge in [0, 0.05) is 28.7 Å². The molecule has 1 atom stereocenters. The molecule has 0 radical (unpaired) electrons. The summed E-state index contributed by atoms with van der Waals surface area (Å²) < 4.78 is 1.74. The first kappa shape index (κ1) is 13.6. The highest BCUT2D eigenvalue weighted by Gasteiger charge is 2.35.